The van der Waals surface area contributed by atoms with Gasteiger partial charge in [0.1, 0.15) is 24.3 Å². The van der Waals surface area contributed by atoms with Gasteiger partial charge in [0.15, 0.2) is 0 Å². The van der Waals surface area contributed by atoms with E-state index in [2.05, 4.69) is 9.97 Å². The van der Waals surface area contributed by atoms with E-state index in [0.29, 0.717) is 23.9 Å². The third-order valence-electron chi connectivity index (χ3n) is 3.32. The van der Waals surface area contributed by atoms with E-state index in [9.17, 15) is 4.79 Å². The van der Waals surface area contributed by atoms with Crippen LogP contribution in [-0.4, -0.2) is 29.0 Å². The fraction of sp³-hybridized carbons (Fsp3) is 0.214. The first-order valence-electron chi connectivity index (χ1n) is 6.39. The lowest BCUT2D eigenvalue weighted by molar-refractivity contribution is 0.0990. The second-order valence-electron chi connectivity index (χ2n) is 4.68. The average molecular weight is 305 g/mol. The Labute approximate surface area is 126 Å². The van der Waals surface area contributed by atoms with Crippen LogP contribution < -0.4 is 15.4 Å². The molecule has 108 valence electrons. The number of nitrogens with zero attached hydrogens (tertiary/aromatic N) is 3. The summed E-state index contributed by atoms with van der Waals surface area (Å²) in [6.07, 6.45) is 1.28. The van der Waals surface area contributed by atoms with Crippen LogP contribution in [0, 0.1) is 6.92 Å². The van der Waals surface area contributed by atoms with Gasteiger partial charge >= 0.3 is 0 Å². The van der Waals surface area contributed by atoms with Crippen molar-refractivity contribution in [1.82, 2.24) is 9.97 Å². The molecule has 1 amide bonds. The fourth-order valence-corrected chi connectivity index (χ4v) is 2.33. The van der Waals surface area contributed by atoms with Gasteiger partial charge in [0.05, 0.1) is 6.54 Å². The highest BCUT2D eigenvalue weighted by Crippen LogP contribution is 2.29. The summed E-state index contributed by atoms with van der Waals surface area (Å²) in [4.78, 5) is 22.1. The number of nitrogen functional groups attached to an aromatic ring is 1. The Hall–Kier alpha value is -2.34. The molecule has 0 unspecified atom stereocenters. The van der Waals surface area contributed by atoms with Gasteiger partial charge in [-0.25, -0.2) is 9.97 Å². The van der Waals surface area contributed by atoms with Crippen LogP contribution in [0.15, 0.2) is 24.5 Å². The largest absolute Gasteiger partial charge is 0.475 e. The molecule has 6 nitrogen and oxygen atoms in total. The SMILES string of the molecule is Cc1ccc(N2CCOc3ncnc(N)c3C2=O)cc1Cl. The molecule has 0 saturated heterocycles. The highest BCUT2D eigenvalue weighted by molar-refractivity contribution is 6.31. The molecule has 0 fully saturated rings. The normalized spacial score (nSPS) is 14.4. The Morgan fingerprint density at radius 1 is 1.38 bits per heavy atom. The van der Waals surface area contributed by atoms with Crippen molar-refractivity contribution in [3.8, 4) is 5.88 Å². The van der Waals surface area contributed by atoms with Gasteiger partial charge in [-0.3, -0.25) is 4.79 Å². The summed E-state index contributed by atoms with van der Waals surface area (Å²) in [5.41, 5.74) is 7.61. The Morgan fingerprint density at radius 3 is 2.95 bits per heavy atom. The van der Waals surface area contributed by atoms with Gasteiger partial charge in [-0.2, -0.15) is 0 Å². The fourth-order valence-electron chi connectivity index (χ4n) is 2.16. The van der Waals surface area contributed by atoms with Crippen LogP contribution in [0.1, 0.15) is 15.9 Å². The number of halogens is 1. The molecule has 3 rings (SSSR count). The van der Waals surface area contributed by atoms with Crippen LogP contribution in [-0.2, 0) is 0 Å². The van der Waals surface area contributed by atoms with Crippen LogP contribution in [0.3, 0.4) is 0 Å². The van der Waals surface area contributed by atoms with E-state index in [1.54, 1.807) is 11.0 Å². The number of hydrogen-bond donors (Lipinski definition) is 1. The Bertz CT molecular complexity index is 720. The summed E-state index contributed by atoms with van der Waals surface area (Å²) in [6.45, 7) is 2.61. The molecule has 2 heterocycles. The molecular formula is C14H13ClN4O2. The molecular weight excluding hydrogens is 292 g/mol. The molecule has 0 saturated carbocycles. The first-order valence-corrected chi connectivity index (χ1v) is 6.77. The number of carbonyl (C=O) groups is 1. The van der Waals surface area contributed by atoms with Crippen molar-refractivity contribution in [3.05, 3.63) is 40.7 Å². The van der Waals surface area contributed by atoms with E-state index in [1.165, 1.54) is 6.33 Å². The predicted molar refractivity (Wildman–Crippen MR) is 79.8 cm³/mol. The predicted octanol–water partition coefficient (Wildman–Crippen LogP) is 2.06. The van der Waals surface area contributed by atoms with Crippen LogP contribution in [0.25, 0.3) is 0 Å². The van der Waals surface area contributed by atoms with Crippen molar-refractivity contribution in [2.45, 2.75) is 6.92 Å². The van der Waals surface area contributed by atoms with E-state index >= 15 is 0 Å². The van der Waals surface area contributed by atoms with Gasteiger partial charge in [-0.15, -0.1) is 0 Å². The van der Waals surface area contributed by atoms with Crippen molar-refractivity contribution in [2.24, 2.45) is 0 Å². The zero-order chi connectivity index (χ0) is 15.0. The second-order valence-corrected chi connectivity index (χ2v) is 5.09. The zero-order valence-corrected chi connectivity index (χ0v) is 12.1. The average Bonchev–Trinajstić information content (AvgIpc) is 2.62. The smallest absolute Gasteiger partial charge is 0.267 e. The Balaban J connectivity index is 2.06. The number of anilines is 2. The molecule has 0 bridgehead atoms. The maximum Gasteiger partial charge on any atom is 0.267 e. The topological polar surface area (TPSA) is 81.3 Å². The number of carbonyl (C=O) groups excluding carboxylic acids is 1. The third kappa shape index (κ3) is 2.38. The quantitative estimate of drug-likeness (QED) is 0.872. The molecule has 0 atom stereocenters. The van der Waals surface area contributed by atoms with Gasteiger partial charge in [0, 0.05) is 10.7 Å². The zero-order valence-electron chi connectivity index (χ0n) is 11.3. The third-order valence-corrected chi connectivity index (χ3v) is 3.73. The number of hydrogen-bond acceptors (Lipinski definition) is 5. The standard InChI is InChI=1S/C14H13ClN4O2/c1-8-2-3-9(6-10(8)15)19-4-5-21-13-11(14(19)20)12(16)17-7-18-13/h2-3,6-7H,4-5H2,1H3,(H2,16,17,18). The number of amides is 1. The second kappa shape index (κ2) is 5.21. The maximum atomic E-state index is 12.7. The Morgan fingerprint density at radius 2 is 2.19 bits per heavy atom. The van der Waals surface area contributed by atoms with E-state index in [1.807, 2.05) is 19.1 Å². The molecule has 1 aromatic carbocycles. The summed E-state index contributed by atoms with van der Waals surface area (Å²) >= 11 is 6.13. The molecule has 2 aromatic rings. The lowest BCUT2D eigenvalue weighted by Crippen LogP contribution is -2.32. The first kappa shape index (κ1) is 13.6. The minimum atomic E-state index is -0.291. The van der Waals surface area contributed by atoms with Crippen LogP contribution in [0.2, 0.25) is 5.02 Å². The lowest BCUT2D eigenvalue weighted by Gasteiger charge is -2.20. The molecule has 1 aromatic heterocycles. The number of nitrogens with two attached hydrogens (primary N) is 1. The number of rotatable bonds is 1. The highest BCUT2D eigenvalue weighted by atomic mass is 35.5. The minimum absolute atomic E-state index is 0.107. The Kier molecular flexibility index (Phi) is 3.39. The van der Waals surface area contributed by atoms with Crippen LogP contribution >= 0.6 is 11.6 Å². The molecule has 21 heavy (non-hydrogen) atoms. The molecule has 0 aliphatic carbocycles. The van der Waals surface area contributed by atoms with Crippen molar-refractivity contribution >= 4 is 29.0 Å². The first-order chi connectivity index (χ1) is 10.1. The van der Waals surface area contributed by atoms with Gasteiger partial charge in [-0.1, -0.05) is 17.7 Å². The number of fused-ring (bicyclic) bond motifs is 1. The van der Waals surface area contributed by atoms with E-state index in [-0.39, 0.29) is 23.2 Å². The van der Waals surface area contributed by atoms with Gasteiger partial charge in [-0.05, 0) is 24.6 Å². The van der Waals surface area contributed by atoms with E-state index < -0.39 is 0 Å². The number of aryl methyl sites for hydroxylation is 1. The lowest BCUT2D eigenvalue weighted by atomic mass is 10.2. The molecule has 1 aliphatic rings. The maximum absolute atomic E-state index is 12.7. The number of ether oxygens (including phenoxy) is 1. The summed E-state index contributed by atoms with van der Waals surface area (Å²) < 4.78 is 5.48. The van der Waals surface area contributed by atoms with Crippen LogP contribution in [0.4, 0.5) is 11.5 Å². The molecule has 0 radical (unpaired) electrons. The van der Waals surface area contributed by atoms with Crippen LogP contribution in [0.5, 0.6) is 5.88 Å². The molecule has 1 aliphatic heterocycles. The summed E-state index contributed by atoms with van der Waals surface area (Å²) in [6, 6.07) is 5.45. The summed E-state index contributed by atoms with van der Waals surface area (Å²) in [5, 5.41) is 0.600. The van der Waals surface area contributed by atoms with Crippen molar-refractivity contribution in [3.63, 3.8) is 0 Å². The van der Waals surface area contributed by atoms with Crippen molar-refractivity contribution in [1.29, 1.82) is 0 Å². The molecule has 2 N–H and O–H groups in total. The minimum Gasteiger partial charge on any atom is -0.475 e. The highest BCUT2D eigenvalue weighted by Gasteiger charge is 2.28. The molecule has 0 spiro atoms. The van der Waals surface area contributed by atoms with E-state index in [4.69, 9.17) is 22.1 Å². The summed E-state index contributed by atoms with van der Waals surface area (Å²) in [7, 11) is 0. The number of benzene rings is 1. The molecule has 7 heteroatoms. The van der Waals surface area contributed by atoms with Gasteiger partial charge in [0.2, 0.25) is 5.88 Å². The van der Waals surface area contributed by atoms with E-state index in [0.717, 1.165) is 5.56 Å². The van der Waals surface area contributed by atoms with Gasteiger partial charge < -0.3 is 15.4 Å². The summed E-state index contributed by atoms with van der Waals surface area (Å²) in [5.74, 6) is 0.0313. The monoisotopic (exact) mass is 304 g/mol. The number of aromatic nitrogens is 2. The van der Waals surface area contributed by atoms with Crippen molar-refractivity contribution in [2.75, 3.05) is 23.8 Å². The van der Waals surface area contributed by atoms with Crippen molar-refractivity contribution < 1.29 is 9.53 Å². The van der Waals surface area contributed by atoms with Gasteiger partial charge in [0.25, 0.3) is 5.91 Å².